The lowest BCUT2D eigenvalue weighted by Gasteiger charge is -2.09. The van der Waals surface area contributed by atoms with Crippen molar-refractivity contribution in [3.63, 3.8) is 0 Å². The topological polar surface area (TPSA) is 84.2 Å². The van der Waals surface area contributed by atoms with Crippen LogP contribution < -0.4 is 10.6 Å². The third-order valence-corrected chi connectivity index (χ3v) is 3.57. The van der Waals surface area contributed by atoms with Gasteiger partial charge >= 0.3 is 0 Å². The highest BCUT2D eigenvalue weighted by molar-refractivity contribution is 5.89. The van der Waals surface area contributed by atoms with Crippen LogP contribution in [0.2, 0.25) is 0 Å². The Morgan fingerprint density at radius 3 is 2.58 bits per heavy atom. The summed E-state index contributed by atoms with van der Waals surface area (Å²) >= 11 is 0. The molecule has 0 saturated heterocycles. The van der Waals surface area contributed by atoms with Gasteiger partial charge in [-0.2, -0.15) is 5.10 Å². The first-order valence-corrected chi connectivity index (χ1v) is 7.44. The molecule has 118 valence electrons. The summed E-state index contributed by atoms with van der Waals surface area (Å²) in [7, 11) is 0. The first-order chi connectivity index (χ1) is 11.7. The number of hydrogen-bond donors (Lipinski definition) is 2. The zero-order chi connectivity index (χ0) is 16.5. The van der Waals surface area contributed by atoms with E-state index in [1.807, 2.05) is 48.5 Å². The van der Waals surface area contributed by atoms with Gasteiger partial charge < -0.3 is 10.6 Å². The second-order valence-electron chi connectivity index (χ2n) is 5.33. The molecule has 7 heteroatoms. The predicted octanol–water partition coefficient (Wildman–Crippen LogP) is 2.98. The van der Waals surface area contributed by atoms with E-state index in [0.717, 1.165) is 22.4 Å². The Kier molecular flexibility index (Phi) is 3.31. The van der Waals surface area contributed by atoms with Crippen molar-refractivity contribution in [2.24, 2.45) is 0 Å². The lowest BCUT2D eigenvalue weighted by Crippen LogP contribution is -2.05. The Labute approximate surface area is 137 Å². The first kappa shape index (κ1) is 14.1. The number of hydrogen-bond acceptors (Lipinski definition) is 5. The molecular formula is C17H14N6O. The van der Waals surface area contributed by atoms with Crippen LogP contribution in [0.4, 0.5) is 17.2 Å². The Hall–Kier alpha value is -3.48. The van der Waals surface area contributed by atoms with Gasteiger partial charge in [-0.3, -0.25) is 4.79 Å². The molecule has 1 amide bonds. The molecule has 4 rings (SSSR count). The zero-order valence-electron chi connectivity index (χ0n) is 12.9. The van der Waals surface area contributed by atoms with E-state index in [1.54, 1.807) is 4.52 Å². The smallest absolute Gasteiger partial charge is 0.221 e. The minimum absolute atomic E-state index is 0.0999. The second-order valence-corrected chi connectivity index (χ2v) is 5.33. The Morgan fingerprint density at radius 1 is 1.04 bits per heavy atom. The molecule has 0 saturated carbocycles. The molecule has 0 spiro atoms. The van der Waals surface area contributed by atoms with Gasteiger partial charge in [-0.05, 0) is 36.4 Å². The lowest BCUT2D eigenvalue weighted by atomic mass is 10.2. The largest absolute Gasteiger partial charge is 0.337 e. The van der Waals surface area contributed by atoms with Crippen LogP contribution in [0.25, 0.3) is 16.7 Å². The van der Waals surface area contributed by atoms with Gasteiger partial charge in [-0.1, -0.05) is 12.1 Å². The van der Waals surface area contributed by atoms with Gasteiger partial charge in [0, 0.05) is 18.3 Å². The lowest BCUT2D eigenvalue weighted by molar-refractivity contribution is -0.114. The van der Waals surface area contributed by atoms with Gasteiger partial charge in [0.2, 0.25) is 5.91 Å². The maximum Gasteiger partial charge on any atom is 0.221 e. The van der Waals surface area contributed by atoms with Crippen LogP contribution in [-0.4, -0.2) is 25.5 Å². The number of rotatable bonds is 3. The predicted molar refractivity (Wildman–Crippen MR) is 92.3 cm³/mol. The quantitative estimate of drug-likeness (QED) is 0.606. The highest BCUT2D eigenvalue weighted by Crippen LogP contribution is 2.23. The summed E-state index contributed by atoms with van der Waals surface area (Å²) in [6.07, 6.45) is 1.51. The molecular weight excluding hydrogens is 304 g/mol. The van der Waals surface area contributed by atoms with E-state index in [-0.39, 0.29) is 5.91 Å². The monoisotopic (exact) mass is 318 g/mol. The minimum atomic E-state index is -0.0999. The number of aromatic nitrogens is 4. The third kappa shape index (κ3) is 2.52. The van der Waals surface area contributed by atoms with Gasteiger partial charge in [0.1, 0.15) is 6.33 Å². The second kappa shape index (κ2) is 5.62. The van der Waals surface area contributed by atoms with E-state index in [2.05, 4.69) is 25.7 Å². The van der Waals surface area contributed by atoms with Crippen LogP contribution in [0.15, 0.2) is 54.9 Å². The van der Waals surface area contributed by atoms with Crippen LogP contribution in [0, 0.1) is 0 Å². The van der Waals surface area contributed by atoms with Gasteiger partial charge in [-0.15, -0.1) is 0 Å². The van der Waals surface area contributed by atoms with Gasteiger partial charge in [-0.25, -0.2) is 14.5 Å². The van der Waals surface area contributed by atoms with Crippen molar-refractivity contribution in [1.29, 1.82) is 0 Å². The van der Waals surface area contributed by atoms with Gasteiger partial charge in [0.15, 0.2) is 11.5 Å². The molecule has 0 unspecified atom stereocenters. The molecule has 0 atom stereocenters. The maximum absolute atomic E-state index is 11.1. The number of anilines is 3. The molecule has 0 radical (unpaired) electrons. The van der Waals surface area contributed by atoms with E-state index in [4.69, 9.17) is 0 Å². The third-order valence-electron chi connectivity index (χ3n) is 3.57. The van der Waals surface area contributed by atoms with E-state index < -0.39 is 0 Å². The van der Waals surface area contributed by atoms with E-state index in [1.165, 1.54) is 13.3 Å². The fourth-order valence-corrected chi connectivity index (χ4v) is 2.55. The van der Waals surface area contributed by atoms with Crippen LogP contribution in [0.1, 0.15) is 6.92 Å². The molecule has 2 aromatic carbocycles. The summed E-state index contributed by atoms with van der Waals surface area (Å²) in [6.45, 7) is 1.48. The molecule has 0 bridgehead atoms. The average Bonchev–Trinajstić information content (AvgIpc) is 3.06. The first-order valence-electron chi connectivity index (χ1n) is 7.44. The van der Waals surface area contributed by atoms with Crippen molar-refractivity contribution in [1.82, 2.24) is 19.6 Å². The number of nitrogens with one attached hydrogen (secondary N) is 2. The summed E-state index contributed by atoms with van der Waals surface area (Å²) in [5.74, 6) is 0.524. The van der Waals surface area contributed by atoms with Crippen molar-refractivity contribution in [2.75, 3.05) is 10.6 Å². The van der Waals surface area contributed by atoms with Crippen molar-refractivity contribution in [3.8, 4) is 0 Å². The molecule has 0 aliphatic heterocycles. The number of carbonyl (C=O) groups excluding carboxylic acids is 1. The molecule has 2 heterocycles. The van der Waals surface area contributed by atoms with E-state index >= 15 is 0 Å². The molecule has 2 N–H and O–H groups in total. The summed E-state index contributed by atoms with van der Waals surface area (Å²) in [6, 6.07) is 15.2. The highest BCUT2D eigenvalue weighted by Gasteiger charge is 2.10. The Balaban J connectivity index is 1.73. The average molecular weight is 318 g/mol. The van der Waals surface area contributed by atoms with Gasteiger partial charge in [0.25, 0.3) is 0 Å². The van der Waals surface area contributed by atoms with Crippen LogP contribution in [0.3, 0.4) is 0 Å². The maximum atomic E-state index is 11.1. The molecule has 24 heavy (non-hydrogen) atoms. The fraction of sp³-hybridized carbons (Fsp3) is 0.0588. The van der Waals surface area contributed by atoms with Crippen molar-refractivity contribution >= 4 is 39.8 Å². The molecule has 2 aromatic heterocycles. The number of para-hydroxylation sites is 2. The molecule has 0 aliphatic rings. The molecule has 7 nitrogen and oxygen atoms in total. The number of carbonyl (C=O) groups is 1. The zero-order valence-corrected chi connectivity index (χ0v) is 12.9. The standard InChI is InChI=1S/C17H14N6O/c1-11(24)20-12-6-8-13(9-7-12)21-16-17-18-10-19-23(17)15-5-3-2-4-14(15)22-16/h2-10H,1H3,(H,20,24)(H,21,22). The summed E-state index contributed by atoms with van der Waals surface area (Å²) in [5.41, 5.74) is 3.97. The van der Waals surface area contributed by atoms with Crippen LogP contribution >= 0.6 is 0 Å². The SMILES string of the molecule is CC(=O)Nc1ccc(Nc2nc3ccccc3n3ncnc23)cc1. The number of nitrogens with zero attached hydrogens (tertiary/aromatic N) is 4. The normalized spacial score (nSPS) is 10.9. The van der Waals surface area contributed by atoms with Crippen LogP contribution in [-0.2, 0) is 4.79 Å². The number of fused-ring (bicyclic) bond motifs is 3. The summed E-state index contributed by atoms with van der Waals surface area (Å²) in [4.78, 5) is 20.0. The Morgan fingerprint density at radius 2 is 1.79 bits per heavy atom. The Bertz CT molecular complexity index is 1040. The van der Waals surface area contributed by atoms with E-state index in [9.17, 15) is 4.79 Å². The molecule has 0 aliphatic carbocycles. The van der Waals surface area contributed by atoms with Crippen molar-refractivity contribution in [2.45, 2.75) is 6.92 Å². The number of benzene rings is 2. The van der Waals surface area contributed by atoms with Crippen molar-refractivity contribution < 1.29 is 4.79 Å². The summed E-state index contributed by atoms with van der Waals surface area (Å²) < 4.78 is 1.76. The highest BCUT2D eigenvalue weighted by atomic mass is 16.1. The van der Waals surface area contributed by atoms with E-state index in [0.29, 0.717) is 11.5 Å². The van der Waals surface area contributed by atoms with Crippen LogP contribution in [0.5, 0.6) is 0 Å². The fourth-order valence-electron chi connectivity index (χ4n) is 2.55. The van der Waals surface area contributed by atoms with Crippen molar-refractivity contribution in [3.05, 3.63) is 54.9 Å². The molecule has 4 aromatic rings. The number of amides is 1. The molecule has 0 fully saturated rings. The summed E-state index contributed by atoms with van der Waals surface area (Å²) in [5, 5.41) is 10.3. The minimum Gasteiger partial charge on any atom is -0.337 e. The van der Waals surface area contributed by atoms with Gasteiger partial charge in [0.05, 0.1) is 11.0 Å².